The van der Waals surface area contributed by atoms with Crippen LogP contribution in [0.3, 0.4) is 0 Å². The first kappa shape index (κ1) is 13.5. The van der Waals surface area contributed by atoms with E-state index in [0.717, 1.165) is 0 Å². The molecule has 0 fully saturated rings. The molecule has 1 aromatic rings. The Balaban J connectivity index is 2.49. The van der Waals surface area contributed by atoms with Crippen molar-refractivity contribution >= 4 is 23.3 Å². The number of ether oxygens (including phenoxy) is 1. The van der Waals surface area contributed by atoms with Crippen molar-refractivity contribution in [3.63, 3.8) is 0 Å². The van der Waals surface area contributed by atoms with Crippen LogP contribution < -0.4 is 10.6 Å². The Labute approximate surface area is 115 Å². The lowest BCUT2D eigenvalue weighted by molar-refractivity contribution is -0.136. The smallest absolute Gasteiger partial charge is 0.337 e. The van der Waals surface area contributed by atoms with Gasteiger partial charge in [-0.25, -0.2) is 9.18 Å². The quantitative estimate of drug-likeness (QED) is 0.639. The summed E-state index contributed by atoms with van der Waals surface area (Å²) in [5.41, 5.74) is 1.61. The van der Waals surface area contributed by atoms with Crippen LogP contribution in [0.4, 0.5) is 4.39 Å². The maximum atomic E-state index is 13.3. The van der Waals surface area contributed by atoms with Crippen LogP contribution in [0.2, 0.25) is 0 Å². The first-order chi connectivity index (χ1) is 9.02. The molecule has 0 amide bonds. The molecule has 4 nitrogen and oxygen atoms in total. The summed E-state index contributed by atoms with van der Waals surface area (Å²) in [7, 11) is 1.30. The molecule has 1 atom stereocenters. The molecule has 0 bridgehead atoms. The minimum absolute atomic E-state index is 0.370. The average Bonchev–Trinajstić information content (AvgIpc) is 2.37. The highest BCUT2D eigenvalue weighted by molar-refractivity contribution is 7.80. The van der Waals surface area contributed by atoms with Gasteiger partial charge in [0.1, 0.15) is 5.82 Å². The van der Waals surface area contributed by atoms with Crippen LogP contribution in [0.25, 0.3) is 0 Å². The second-order valence-electron chi connectivity index (χ2n) is 4.12. The molecule has 0 aromatic heterocycles. The number of thiocarbonyl (C=S) groups is 1. The van der Waals surface area contributed by atoms with Crippen LogP contribution in [0.15, 0.2) is 35.5 Å². The van der Waals surface area contributed by atoms with Gasteiger partial charge in [-0.2, -0.15) is 0 Å². The van der Waals surface area contributed by atoms with Gasteiger partial charge in [0, 0.05) is 5.70 Å². The molecule has 6 heteroatoms. The summed E-state index contributed by atoms with van der Waals surface area (Å²) in [6.45, 7) is 1.73. The first-order valence-corrected chi connectivity index (χ1v) is 6.06. The lowest BCUT2D eigenvalue weighted by atomic mass is 9.96. The Morgan fingerprint density at radius 1 is 1.47 bits per heavy atom. The Kier molecular flexibility index (Phi) is 3.80. The fourth-order valence-electron chi connectivity index (χ4n) is 2.01. The number of halogens is 1. The summed E-state index contributed by atoms with van der Waals surface area (Å²) in [5, 5.41) is 6.20. The zero-order valence-corrected chi connectivity index (χ0v) is 11.3. The summed E-state index contributed by atoms with van der Waals surface area (Å²) in [4.78, 5) is 11.9. The van der Waals surface area contributed by atoms with Crippen molar-refractivity contribution in [1.82, 2.24) is 10.6 Å². The molecule has 100 valence electrons. The maximum Gasteiger partial charge on any atom is 0.337 e. The van der Waals surface area contributed by atoms with E-state index in [1.807, 2.05) is 0 Å². The zero-order valence-electron chi connectivity index (χ0n) is 10.5. The van der Waals surface area contributed by atoms with E-state index in [9.17, 15) is 9.18 Å². The van der Waals surface area contributed by atoms with Crippen molar-refractivity contribution in [3.05, 3.63) is 46.9 Å². The summed E-state index contributed by atoms with van der Waals surface area (Å²) in [5.74, 6) is -0.847. The number of esters is 1. The molecule has 0 spiro atoms. The van der Waals surface area contributed by atoms with E-state index in [0.29, 0.717) is 21.9 Å². The van der Waals surface area contributed by atoms with Crippen molar-refractivity contribution in [3.8, 4) is 0 Å². The van der Waals surface area contributed by atoms with E-state index in [2.05, 4.69) is 10.6 Å². The van der Waals surface area contributed by atoms with Gasteiger partial charge in [0.2, 0.25) is 0 Å². The summed E-state index contributed by atoms with van der Waals surface area (Å²) in [6.07, 6.45) is 0. The lowest BCUT2D eigenvalue weighted by Crippen LogP contribution is -2.45. The second kappa shape index (κ2) is 5.36. The summed E-state index contributed by atoms with van der Waals surface area (Å²) in [6, 6.07) is 5.50. The van der Waals surface area contributed by atoms with Crippen molar-refractivity contribution in [1.29, 1.82) is 0 Å². The molecule has 0 unspecified atom stereocenters. The highest BCUT2D eigenvalue weighted by Gasteiger charge is 2.30. The molecule has 0 aliphatic carbocycles. The lowest BCUT2D eigenvalue weighted by Gasteiger charge is -2.29. The van der Waals surface area contributed by atoms with Crippen LogP contribution in [0.5, 0.6) is 0 Å². The molecule has 1 aromatic carbocycles. The summed E-state index contributed by atoms with van der Waals surface area (Å²) >= 11 is 5.07. The number of benzene rings is 1. The Morgan fingerprint density at radius 3 is 2.84 bits per heavy atom. The third kappa shape index (κ3) is 2.73. The van der Waals surface area contributed by atoms with E-state index in [1.165, 1.54) is 19.2 Å². The highest BCUT2D eigenvalue weighted by atomic mass is 32.1. The standard InChI is InChI=1S/C13H13FN2O2S/c1-7-10(12(17)18-2)11(16-13(19)15-7)8-4-3-5-9(14)6-8/h3-6,11H,1-2H3,(H2,15,16,19)/t11-/m0/s1. The van der Waals surface area contributed by atoms with E-state index in [1.54, 1.807) is 19.1 Å². The Hall–Kier alpha value is -1.95. The van der Waals surface area contributed by atoms with Gasteiger partial charge >= 0.3 is 5.97 Å². The molecule has 2 rings (SSSR count). The average molecular weight is 280 g/mol. The number of nitrogens with one attached hydrogen (secondary N) is 2. The fourth-order valence-corrected chi connectivity index (χ4v) is 2.28. The monoisotopic (exact) mass is 280 g/mol. The minimum atomic E-state index is -0.517. The van der Waals surface area contributed by atoms with Crippen molar-refractivity contribution < 1.29 is 13.9 Å². The molecule has 19 heavy (non-hydrogen) atoms. The van der Waals surface area contributed by atoms with E-state index >= 15 is 0 Å². The molecule has 2 N–H and O–H groups in total. The maximum absolute atomic E-state index is 13.3. The molecular weight excluding hydrogens is 267 g/mol. The van der Waals surface area contributed by atoms with Gasteiger partial charge in [-0.15, -0.1) is 0 Å². The van der Waals surface area contributed by atoms with Crippen LogP contribution in [0.1, 0.15) is 18.5 Å². The van der Waals surface area contributed by atoms with Crippen LogP contribution in [0, 0.1) is 5.82 Å². The van der Waals surface area contributed by atoms with Gasteiger partial charge in [0.25, 0.3) is 0 Å². The van der Waals surface area contributed by atoms with Crippen molar-refractivity contribution in [2.75, 3.05) is 7.11 Å². The second-order valence-corrected chi connectivity index (χ2v) is 4.52. The number of hydrogen-bond acceptors (Lipinski definition) is 3. The number of rotatable bonds is 2. The number of carbonyl (C=O) groups excluding carboxylic acids is 1. The van der Waals surface area contributed by atoms with E-state index in [-0.39, 0.29) is 5.82 Å². The number of hydrogen-bond donors (Lipinski definition) is 2. The van der Waals surface area contributed by atoms with Crippen LogP contribution >= 0.6 is 12.2 Å². The minimum Gasteiger partial charge on any atom is -0.466 e. The molecule has 1 aliphatic heterocycles. The van der Waals surface area contributed by atoms with Gasteiger partial charge in [-0.1, -0.05) is 12.1 Å². The molecule has 1 aliphatic rings. The predicted molar refractivity (Wildman–Crippen MR) is 72.7 cm³/mol. The third-order valence-electron chi connectivity index (χ3n) is 2.86. The number of methoxy groups -OCH3 is 1. The molecule has 0 saturated heterocycles. The number of allylic oxidation sites excluding steroid dienone is 1. The molecular formula is C13H13FN2O2S. The van der Waals surface area contributed by atoms with Gasteiger partial charge < -0.3 is 15.4 Å². The summed E-state index contributed by atoms with van der Waals surface area (Å²) < 4.78 is 18.1. The zero-order chi connectivity index (χ0) is 14.0. The third-order valence-corrected chi connectivity index (χ3v) is 3.08. The van der Waals surface area contributed by atoms with Gasteiger partial charge in [0.05, 0.1) is 18.7 Å². The largest absolute Gasteiger partial charge is 0.466 e. The normalized spacial score (nSPS) is 18.7. The molecule has 0 radical (unpaired) electrons. The topological polar surface area (TPSA) is 50.4 Å². The van der Waals surface area contributed by atoms with Gasteiger partial charge in [-0.05, 0) is 36.8 Å². The highest BCUT2D eigenvalue weighted by Crippen LogP contribution is 2.27. The SMILES string of the molecule is COC(=O)C1=C(C)NC(=S)N[C@H]1c1cccc(F)c1. The fraction of sp³-hybridized carbons (Fsp3) is 0.231. The van der Waals surface area contributed by atoms with Crippen molar-refractivity contribution in [2.24, 2.45) is 0 Å². The molecule has 0 saturated carbocycles. The Bertz CT molecular complexity index is 572. The van der Waals surface area contributed by atoms with E-state index in [4.69, 9.17) is 17.0 Å². The predicted octanol–water partition coefficient (Wildman–Crippen LogP) is 1.79. The van der Waals surface area contributed by atoms with E-state index < -0.39 is 12.0 Å². The Morgan fingerprint density at radius 2 is 2.21 bits per heavy atom. The van der Waals surface area contributed by atoms with Crippen molar-refractivity contribution in [2.45, 2.75) is 13.0 Å². The van der Waals surface area contributed by atoms with Gasteiger partial charge in [-0.3, -0.25) is 0 Å². The first-order valence-electron chi connectivity index (χ1n) is 5.65. The van der Waals surface area contributed by atoms with Crippen LogP contribution in [-0.2, 0) is 9.53 Å². The number of carbonyl (C=O) groups is 1. The van der Waals surface area contributed by atoms with Gasteiger partial charge in [0.15, 0.2) is 5.11 Å². The van der Waals surface area contributed by atoms with Crippen LogP contribution in [-0.4, -0.2) is 18.2 Å². The molecule has 1 heterocycles.